The molecule has 0 aliphatic rings. The van der Waals surface area contributed by atoms with E-state index in [2.05, 4.69) is 15.5 Å². The zero-order valence-electron chi connectivity index (χ0n) is 10.7. The van der Waals surface area contributed by atoms with Crippen LogP contribution in [0.5, 0.6) is 0 Å². The van der Waals surface area contributed by atoms with E-state index in [0.717, 1.165) is 6.42 Å². The van der Waals surface area contributed by atoms with Gasteiger partial charge >= 0.3 is 0 Å². The SMILES string of the molecule is CCc1nnc(CNC(C)(CCO)COC)o1. The maximum absolute atomic E-state index is 9.02. The molecule has 1 unspecified atom stereocenters. The molecular formula is C11H21N3O3. The second kappa shape index (κ2) is 6.68. The normalized spacial score (nSPS) is 14.8. The molecule has 0 fully saturated rings. The van der Waals surface area contributed by atoms with Crippen molar-refractivity contribution in [3.63, 3.8) is 0 Å². The Balaban J connectivity index is 2.50. The van der Waals surface area contributed by atoms with Gasteiger partial charge in [0.1, 0.15) is 0 Å². The highest BCUT2D eigenvalue weighted by Crippen LogP contribution is 2.11. The van der Waals surface area contributed by atoms with E-state index in [1.165, 1.54) is 0 Å². The van der Waals surface area contributed by atoms with Crippen LogP contribution in [0.15, 0.2) is 4.42 Å². The third kappa shape index (κ3) is 4.41. The van der Waals surface area contributed by atoms with Crippen molar-refractivity contribution in [3.05, 3.63) is 11.8 Å². The highest BCUT2D eigenvalue weighted by Gasteiger charge is 2.23. The largest absolute Gasteiger partial charge is 0.424 e. The number of nitrogens with one attached hydrogen (secondary N) is 1. The number of hydrogen-bond donors (Lipinski definition) is 2. The van der Waals surface area contributed by atoms with E-state index in [4.69, 9.17) is 14.3 Å². The quantitative estimate of drug-likeness (QED) is 0.692. The number of aromatic nitrogens is 2. The van der Waals surface area contributed by atoms with Gasteiger partial charge in [-0.05, 0) is 13.3 Å². The van der Waals surface area contributed by atoms with Crippen molar-refractivity contribution in [2.45, 2.75) is 38.8 Å². The van der Waals surface area contributed by atoms with Crippen molar-refractivity contribution in [2.75, 3.05) is 20.3 Å². The molecule has 0 saturated heterocycles. The first-order valence-electron chi connectivity index (χ1n) is 5.79. The van der Waals surface area contributed by atoms with Crippen LogP contribution in [0.4, 0.5) is 0 Å². The van der Waals surface area contributed by atoms with Crippen LogP contribution >= 0.6 is 0 Å². The number of ether oxygens (including phenoxy) is 1. The molecule has 1 aromatic heterocycles. The minimum atomic E-state index is -0.287. The van der Waals surface area contributed by atoms with Gasteiger partial charge in [-0.25, -0.2) is 0 Å². The molecule has 0 bridgehead atoms. The lowest BCUT2D eigenvalue weighted by atomic mass is 9.99. The predicted octanol–water partition coefficient (Wildman–Crippen LogP) is 0.509. The predicted molar refractivity (Wildman–Crippen MR) is 62.5 cm³/mol. The van der Waals surface area contributed by atoms with Crippen molar-refractivity contribution in [2.24, 2.45) is 0 Å². The summed E-state index contributed by atoms with van der Waals surface area (Å²) in [4.78, 5) is 0. The van der Waals surface area contributed by atoms with E-state index < -0.39 is 0 Å². The van der Waals surface area contributed by atoms with Gasteiger partial charge in [-0.2, -0.15) is 0 Å². The van der Waals surface area contributed by atoms with Crippen LogP contribution in [0.1, 0.15) is 32.0 Å². The van der Waals surface area contributed by atoms with Gasteiger partial charge in [-0.3, -0.25) is 0 Å². The van der Waals surface area contributed by atoms with Gasteiger partial charge in [-0.1, -0.05) is 6.92 Å². The molecule has 1 atom stereocenters. The van der Waals surface area contributed by atoms with Crippen molar-refractivity contribution in [1.82, 2.24) is 15.5 Å². The summed E-state index contributed by atoms with van der Waals surface area (Å²) in [6, 6.07) is 0. The molecule has 1 aromatic rings. The molecule has 0 aliphatic heterocycles. The van der Waals surface area contributed by atoms with Crippen molar-refractivity contribution < 1.29 is 14.3 Å². The summed E-state index contributed by atoms with van der Waals surface area (Å²) >= 11 is 0. The lowest BCUT2D eigenvalue weighted by Gasteiger charge is -2.28. The molecule has 6 heteroatoms. The molecule has 0 radical (unpaired) electrons. The molecule has 0 amide bonds. The number of aliphatic hydroxyl groups is 1. The first-order valence-corrected chi connectivity index (χ1v) is 5.79. The Bertz CT molecular complexity index is 322. The maximum atomic E-state index is 9.02. The molecule has 0 aliphatic carbocycles. The van der Waals surface area contributed by atoms with Crippen LogP contribution in [-0.4, -0.2) is 41.2 Å². The van der Waals surface area contributed by atoms with Crippen molar-refractivity contribution >= 4 is 0 Å². The Kier molecular flexibility index (Phi) is 5.54. The van der Waals surface area contributed by atoms with E-state index in [-0.39, 0.29) is 12.1 Å². The van der Waals surface area contributed by atoms with Gasteiger partial charge in [0.15, 0.2) is 0 Å². The maximum Gasteiger partial charge on any atom is 0.230 e. The zero-order chi connectivity index (χ0) is 12.7. The Morgan fingerprint density at radius 3 is 2.65 bits per heavy atom. The van der Waals surface area contributed by atoms with E-state index >= 15 is 0 Å². The van der Waals surface area contributed by atoms with Gasteiger partial charge in [0.2, 0.25) is 11.8 Å². The van der Waals surface area contributed by atoms with Crippen LogP contribution in [0.3, 0.4) is 0 Å². The Morgan fingerprint density at radius 2 is 2.12 bits per heavy atom. The average Bonchev–Trinajstić information content (AvgIpc) is 2.75. The molecule has 0 saturated carbocycles. The number of rotatable bonds is 8. The molecule has 1 rings (SSSR count). The second-order valence-corrected chi connectivity index (χ2v) is 4.26. The first-order chi connectivity index (χ1) is 8.13. The van der Waals surface area contributed by atoms with Crippen LogP contribution in [0.2, 0.25) is 0 Å². The van der Waals surface area contributed by atoms with Gasteiger partial charge in [-0.15, -0.1) is 10.2 Å². The number of aryl methyl sites for hydroxylation is 1. The molecule has 0 spiro atoms. The summed E-state index contributed by atoms with van der Waals surface area (Å²) in [6.45, 7) is 5.06. The van der Waals surface area contributed by atoms with E-state index in [1.54, 1.807) is 7.11 Å². The summed E-state index contributed by atoms with van der Waals surface area (Å²) in [5.41, 5.74) is -0.287. The highest BCUT2D eigenvalue weighted by molar-refractivity contribution is 4.87. The smallest absolute Gasteiger partial charge is 0.230 e. The Hall–Kier alpha value is -0.980. The van der Waals surface area contributed by atoms with Crippen molar-refractivity contribution in [3.8, 4) is 0 Å². The Labute approximate surface area is 101 Å². The minimum Gasteiger partial charge on any atom is -0.424 e. The second-order valence-electron chi connectivity index (χ2n) is 4.26. The molecule has 0 aromatic carbocycles. The number of methoxy groups -OCH3 is 1. The minimum absolute atomic E-state index is 0.108. The number of nitrogens with zero attached hydrogens (tertiary/aromatic N) is 2. The fourth-order valence-electron chi connectivity index (χ4n) is 1.57. The molecule has 17 heavy (non-hydrogen) atoms. The molecule has 1 heterocycles. The lowest BCUT2D eigenvalue weighted by Crippen LogP contribution is -2.46. The Morgan fingerprint density at radius 1 is 1.41 bits per heavy atom. The van der Waals surface area contributed by atoms with Gasteiger partial charge in [0.05, 0.1) is 13.2 Å². The fourth-order valence-corrected chi connectivity index (χ4v) is 1.57. The lowest BCUT2D eigenvalue weighted by molar-refractivity contribution is 0.0952. The van der Waals surface area contributed by atoms with Crippen molar-refractivity contribution in [1.29, 1.82) is 0 Å². The first kappa shape index (κ1) is 14.1. The van der Waals surface area contributed by atoms with Crippen LogP contribution in [0, 0.1) is 0 Å². The van der Waals surface area contributed by atoms with Gasteiger partial charge < -0.3 is 19.6 Å². The molecule has 2 N–H and O–H groups in total. The molecule has 98 valence electrons. The van der Waals surface area contributed by atoms with Crippen LogP contribution in [-0.2, 0) is 17.7 Å². The third-order valence-corrected chi connectivity index (χ3v) is 2.60. The summed E-state index contributed by atoms with van der Waals surface area (Å²) in [6.07, 6.45) is 1.34. The van der Waals surface area contributed by atoms with E-state index in [0.29, 0.717) is 31.4 Å². The molecule has 6 nitrogen and oxygen atoms in total. The monoisotopic (exact) mass is 243 g/mol. The average molecular weight is 243 g/mol. The van der Waals surface area contributed by atoms with E-state index in [1.807, 2.05) is 13.8 Å². The number of aliphatic hydroxyl groups excluding tert-OH is 1. The summed E-state index contributed by atoms with van der Waals surface area (Å²) in [5.74, 6) is 1.19. The fraction of sp³-hybridized carbons (Fsp3) is 0.818. The van der Waals surface area contributed by atoms with Crippen LogP contribution in [0.25, 0.3) is 0 Å². The third-order valence-electron chi connectivity index (χ3n) is 2.60. The van der Waals surface area contributed by atoms with Gasteiger partial charge in [0, 0.05) is 25.7 Å². The summed E-state index contributed by atoms with van der Waals surface area (Å²) < 4.78 is 10.5. The number of hydrogen-bond acceptors (Lipinski definition) is 6. The van der Waals surface area contributed by atoms with E-state index in [9.17, 15) is 0 Å². The summed E-state index contributed by atoms with van der Waals surface area (Å²) in [7, 11) is 1.64. The topological polar surface area (TPSA) is 80.4 Å². The summed E-state index contributed by atoms with van der Waals surface area (Å²) in [5, 5.41) is 20.1. The zero-order valence-corrected chi connectivity index (χ0v) is 10.7. The molecular weight excluding hydrogens is 222 g/mol. The standard InChI is InChI=1S/C11H21N3O3/c1-4-9-13-14-10(17-9)7-12-11(2,5-6-15)8-16-3/h12,15H,4-8H2,1-3H3. The highest BCUT2D eigenvalue weighted by atomic mass is 16.5. The van der Waals surface area contributed by atoms with Gasteiger partial charge in [0.25, 0.3) is 0 Å². The van der Waals surface area contributed by atoms with Crippen LogP contribution < -0.4 is 5.32 Å².